The zero-order valence-electron chi connectivity index (χ0n) is 11.1. The molecule has 0 aliphatic carbocycles. The standard InChI is InChI=1S/C16H13BrFN3/c17-11-6-7-13(14(18)8-11)15-9-20-16(21-15)10-19-12-4-2-1-3-5-12/h1-9,19H,10H2,(H,20,21). The maximum atomic E-state index is 13.9. The van der Waals surface area contributed by atoms with Crippen molar-refractivity contribution in [2.45, 2.75) is 6.54 Å². The Kier molecular flexibility index (Phi) is 4.01. The fourth-order valence-corrected chi connectivity index (χ4v) is 2.37. The Hall–Kier alpha value is -2.14. The molecule has 3 aromatic rings. The molecule has 0 aliphatic heterocycles. The van der Waals surface area contributed by atoms with Crippen LogP contribution in [0.5, 0.6) is 0 Å². The van der Waals surface area contributed by atoms with E-state index in [1.807, 2.05) is 30.3 Å². The SMILES string of the molecule is Fc1cc(Br)ccc1-c1cnc(CNc2ccccc2)[nH]1. The number of nitrogens with one attached hydrogen (secondary N) is 2. The van der Waals surface area contributed by atoms with Crippen LogP contribution < -0.4 is 5.32 Å². The molecule has 0 atom stereocenters. The molecule has 0 unspecified atom stereocenters. The summed E-state index contributed by atoms with van der Waals surface area (Å²) >= 11 is 3.25. The van der Waals surface area contributed by atoms with E-state index in [0.29, 0.717) is 22.3 Å². The summed E-state index contributed by atoms with van der Waals surface area (Å²) in [5.41, 5.74) is 2.20. The summed E-state index contributed by atoms with van der Waals surface area (Å²) in [4.78, 5) is 7.41. The summed E-state index contributed by atoms with van der Waals surface area (Å²) < 4.78 is 14.6. The summed E-state index contributed by atoms with van der Waals surface area (Å²) in [6.45, 7) is 0.558. The highest BCUT2D eigenvalue weighted by Gasteiger charge is 2.08. The molecule has 3 rings (SSSR count). The van der Waals surface area contributed by atoms with Gasteiger partial charge in [-0.15, -0.1) is 0 Å². The second-order valence-electron chi connectivity index (χ2n) is 4.59. The predicted molar refractivity (Wildman–Crippen MR) is 85.5 cm³/mol. The van der Waals surface area contributed by atoms with Crippen LogP contribution in [0.3, 0.4) is 0 Å². The van der Waals surface area contributed by atoms with E-state index in [2.05, 4.69) is 31.2 Å². The van der Waals surface area contributed by atoms with Gasteiger partial charge in [-0.2, -0.15) is 0 Å². The molecule has 0 radical (unpaired) electrons. The number of para-hydroxylation sites is 1. The van der Waals surface area contributed by atoms with Crippen LogP contribution in [0.25, 0.3) is 11.3 Å². The monoisotopic (exact) mass is 345 g/mol. The van der Waals surface area contributed by atoms with Crippen molar-refractivity contribution in [3.63, 3.8) is 0 Å². The summed E-state index contributed by atoms with van der Waals surface area (Å²) in [6, 6.07) is 14.8. The van der Waals surface area contributed by atoms with E-state index in [9.17, 15) is 4.39 Å². The molecule has 2 aromatic carbocycles. The molecule has 2 N–H and O–H groups in total. The first-order valence-corrected chi connectivity index (χ1v) is 7.30. The number of benzene rings is 2. The molecule has 0 saturated heterocycles. The summed E-state index contributed by atoms with van der Waals surface area (Å²) in [6.07, 6.45) is 1.65. The predicted octanol–water partition coefficient (Wildman–Crippen LogP) is 4.59. The average molecular weight is 346 g/mol. The highest BCUT2D eigenvalue weighted by atomic mass is 79.9. The van der Waals surface area contributed by atoms with Gasteiger partial charge in [0.15, 0.2) is 0 Å². The molecule has 0 bridgehead atoms. The van der Waals surface area contributed by atoms with Crippen molar-refractivity contribution in [1.82, 2.24) is 9.97 Å². The number of nitrogens with zero attached hydrogens (tertiary/aromatic N) is 1. The molecule has 21 heavy (non-hydrogen) atoms. The van der Waals surface area contributed by atoms with Gasteiger partial charge in [0.1, 0.15) is 11.6 Å². The second-order valence-corrected chi connectivity index (χ2v) is 5.50. The summed E-state index contributed by atoms with van der Waals surface area (Å²) in [5.74, 6) is 0.478. The molecule has 1 heterocycles. The van der Waals surface area contributed by atoms with Crippen LogP contribution in [0, 0.1) is 5.82 Å². The quantitative estimate of drug-likeness (QED) is 0.725. The lowest BCUT2D eigenvalue weighted by atomic mass is 10.1. The third-order valence-electron chi connectivity index (χ3n) is 3.08. The molecule has 1 aromatic heterocycles. The van der Waals surface area contributed by atoms with Crippen molar-refractivity contribution >= 4 is 21.6 Å². The van der Waals surface area contributed by atoms with Gasteiger partial charge in [-0.3, -0.25) is 0 Å². The number of aromatic amines is 1. The van der Waals surface area contributed by atoms with Crippen molar-refractivity contribution in [2.75, 3.05) is 5.32 Å². The lowest BCUT2D eigenvalue weighted by Gasteiger charge is -2.03. The number of anilines is 1. The first kappa shape index (κ1) is 13.8. The van der Waals surface area contributed by atoms with E-state index in [1.165, 1.54) is 6.07 Å². The number of H-pyrrole nitrogens is 1. The molecular formula is C16H13BrFN3. The Balaban J connectivity index is 1.74. The molecule has 0 amide bonds. The third kappa shape index (κ3) is 3.31. The van der Waals surface area contributed by atoms with E-state index in [1.54, 1.807) is 18.3 Å². The van der Waals surface area contributed by atoms with Crippen molar-refractivity contribution in [3.8, 4) is 11.3 Å². The van der Waals surface area contributed by atoms with Gasteiger partial charge in [-0.1, -0.05) is 34.1 Å². The molecule has 0 fully saturated rings. The smallest absolute Gasteiger partial charge is 0.133 e. The van der Waals surface area contributed by atoms with Gasteiger partial charge >= 0.3 is 0 Å². The number of hydrogen-bond donors (Lipinski definition) is 2. The number of imidazole rings is 1. The molecule has 5 heteroatoms. The van der Waals surface area contributed by atoms with Gasteiger partial charge in [-0.05, 0) is 30.3 Å². The Morgan fingerprint density at radius 2 is 1.95 bits per heavy atom. The van der Waals surface area contributed by atoms with E-state index in [-0.39, 0.29) is 5.82 Å². The van der Waals surface area contributed by atoms with Crippen LogP contribution in [0.4, 0.5) is 10.1 Å². The van der Waals surface area contributed by atoms with Crippen LogP contribution in [0.2, 0.25) is 0 Å². The maximum absolute atomic E-state index is 13.9. The first-order chi connectivity index (χ1) is 10.2. The molecule has 106 valence electrons. The minimum absolute atomic E-state index is 0.282. The van der Waals surface area contributed by atoms with Crippen LogP contribution in [0.15, 0.2) is 59.2 Å². The van der Waals surface area contributed by atoms with Crippen LogP contribution in [0.1, 0.15) is 5.82 Å². The number of hydrogen-bond acceptors (Lipinski definition) is 2. The van der Waals surface area contributed by atoms with Gasteiger partial charge in [0.2, 0.25) is 0 Å². The molecule has 3 nitrogen and oxygen atoms in total. The normalized spacial score (nSPS) is 10.6. The van der Waals surface area contributed by atoms with Crippen molar-refractivity contribution in [1.29, 1.82) is 0 Å². The lowest BCUT2D eigenvalue weighted by molar-refractivity contribution is 0.630. The second kappa shape index (κ2) is 6.10. The van der Waals surface area contributed by atoms with Gasteiger partial charge < -0.3 is 10.3 Å². The van der Waals surface area contributed by atoms with Crippen LogP contribution in [-0.4, -0.2) is 9.97 Å². The van der Waals surface area contributed by atoms with Crippen LogP contribution >= 0.6 is 15.9 Å². The topological polar surface area (TPSA) is 40.7 Å². The van der Waals surface area contributed by atoms with E-state index < -0.39 is 0 Å². The third-order valence-corrected chi connectivity index (χ3v) is 3.58. The van der Waals surface area contributed by atoms with E-state index in [4.69, 9.17) is 0 Å². The number of halogens is 2. The zero-order chi connectivity index (χ0) is 14.7. The largest absolute Gasteiger partial charge is 0.378 e. The zero-order valence-corrected chi connectivity index (χ0v) is 12.7. The highest BCUT2D eigenvalue weighted by Crippen LogP contribution is 2.24. The highest BCUT2D eigenvalue weighted by molar-refractivity contribution is 9.10. The molecule has 0 spiro atoms. The Morgan fingerprint density at radius 3 is 2.71 bits per heavy atom. The van der Waals surface area contributed by atoms with Crippen LogP contribution in [-0.2, 0) is 6.54 Å². The van der Waals surface area contributed by atoms with E-state index in [0.717, 1.165) is 11.5 Å². The Bertz CT molecular complexity index is 740. The first-order valence-electron chi connectivity index (χ1n) is 6.50. The van der Waals surface area contributed by atoms with Crippen molar-refractivity contribution in [2.24, 2.45) is 0 Å². The average Bonchev–Trinajstić information content (AvgIpc) is 2.95. The fourth-order valence-electron chi connectivity index (χ4n) is 2.04. The van der Waals surface area contributed by atoms with Gasteiger partial charge in [0.25, 0.3) is 0 Å². The molecular weight excluding hydrogens is 333 g/mol. The molecule has 0 saturated carbocycles. The van der Waals surface area contributed by atoms with Crippen molar-refractivity contribution < 1.29 is 4.39 Å². The minimum atomic E-state index is -0.282. The Labute approximate surface area is 130 Å². The Morgan fingerprint density at radius 1 is 1.14 bits per heavy atom. The lowest BCUT2D eigenvalue weighted by Crippen LogP contribution is -2.00. The van der Waals surface area contributed by atoms with E-state index >= 15 is 0 Å². The summed E-state index contributed by atoms with van der Waals surface area (Å²) in [5, 5.41) is 3.25. The number of rotatable bonds is 4. The van der Waals surface area contributed by atoms with Gasteiger partial charge in [0.05, 0.1) is 18.4 Å². The van der Waals surface area contributed by atoms with Gasteiger partial charge in [0, 0.05) is 15.7 Å². The summed E-state index contributed by atoms with van der Waals surface area (Å²) in [7, 11) is 0. The maximum Gasteiger partial charge on any atom is 0.133 e. The van der Waals surface area contributed by atoms with Gasteiger partial charge in [-0.25, -0.2) is 9.37 Å². The minimum Gasteiger partial charge on any atom is -0.378 e. The number of aromatic nitrogens is 2. The van der Waals surface area contributed by atoms with Crippen molar-refractivity contribution in [3.05, 3.63) is 70.8 Å². The molecule has 0 aliphatic rings. The fraction of sp³-hybridized carbons (Fsp3) is 0.0625.